The third-order valence-electron chi connectivity index (χ3n) is 1.97. The second-order valence-electron chi connectivity index (χ2n) is 3.13. The lowest BCUT2D eigenvalue weighted by Crippen LogP contribution is -2.11. The number of carbonyl (C=O) groups is 1. The molecule has 0 spiro atoms. The first-order valence-corrected chi connectivity index (χ1v) is 4.30. The molecule has 5 heteroatoms. The molecule has 0 saturated heterocycles. The fourth-order valence-corrected chi connectivity index (χ4v) is 1.29. The Morgan fingerprint density at radius 2 is 2.43 bits per heavy atom. The first-order chi connectivity index (χ1) is 6.54. The first-order valence-electron chi connectivity index (χ1n) is 4.30. The van der Waals surface area contributed by atoms with Crippen LogP contribution in [0.25, 0.3) is 0 Å². The number of ether oxygens (including phenoxy) is 1. The zero-order valence-corrected chi connectivity index (χ0v) is 8.52. The number of hydrogen-bond acceptors (Lipinski definition) is 4. The lowest BCUT2D eigenvalue weighted by molar-refractivity contribution is -0.143. The molecule has 0 amide bonds. The van der Waals surface area contributed by atoms with Crippen molar-refractivity contribution in [2.75, 3.05) is 7.11 Å². The van der Waals surface area contributed by atoms with Crippen LogP contribution in [0.15, 0.2) is 6.07 Å². The lowest BCUT2D eigenvalue weighted by atomic mass is 10.2. The predicted octanol–water partition coefficient (Wildman–Crippen LogP) is 0.325. The molecule has 14 heavy (non-hydrogen) atoms. The van der Waals surface area contributed by atoms with Crippen LogP contribution in [0.1, 0.15) is 23.9 Å². The Hall–Kier alpha value is -1.36. The van der Waals surface area contributed by atoms with Gasteiger partial charge in [0, 0.05) is 7.05 Å². The number of rotatable bonds is 3. The topological polar surface area (TPSA) is 64.3 Å². The van der Waals surface area contributed by atoms with Gasteiger partial charge >= 0.3 is 5.97 Å². The van der Waals surface area contributed by atoms with E-state index >= 15 is 0 Å². The van der Waals surface area contributed by atoms with Gasteiger partial charge in [0.05, 0.1) is 24.9 Å². The number of aliphatic hydroxyl groups excluding tert-OH is 1. The molecule has 0 aromatic carbocycles. The van der Waals surface area contributed by atoms with Crippen LogP contribution in [0.2, 0.25) is 0 Å². The molecular weight excluding hydrogens is 184 g/mol. The van der Waals surface area contributed by atoms with E-state index in [2.05, 4.69) is 9.84 Å². The van der Waals surface area contributed by atoms with E-state index in [0.717, 1.165) is 5.69 Å². The normalized spacial score (nSPS) is 12.6. The van der Waals surface area contributed by atoms with E-state index in [1.165, 1.54) is 7.11 Å². The number of aryl methyl sites for hydroxylation is 2. The molecule has 1 rings (SSSR count). The van der Waals surface area contributed by atoms with E-state index in [0.29, 0.717) is 5.69 Å². The van der Waals surface area contributed by atoms with Crippen molar-refractivity contribution < 1.29 is 14.6 Å². The molecule has 1 aromatic heterocycles. The molecule has 0 unspecified atom stereocenters. The highest BCUT2D eigenvalue weighted by atomic mass is 16.5. The third-order valence-corrected chi connectivity index (χ3v) is 1.97. The van der Waals surface area contributed by atoms with Gasteiger partial charge in [0.1, 0.15) is 6.10 Å². The summed E-state index contributed by atoms with van der Waals surface area (Å²) in [4.78, 5) is 10.9. The van der Waals surface area contributed by atoms with Gasteiger partial charge in [0.25, 0.3) is 0 Å². The summed E-state index contributed by atoms with van der Waals surface area (Å²) in [6, 6.07) is 1.74. The minimum atomic E-state index is -0.853. The Kier molecular flexibility index (Phi) is 3.24. The van der Waals surface area contributed by atoms with Crippen LogP contribution in [0.5, 0.6) is 0 Å². The number of nitrogens with zero attached hydrogens (tertiary/aromatic N) is 2. The molecule has 0 radical (unpaired) electrons. The molecule has 0 aliphatic rings. The molecule has 0 saturated carbocycles. The average molecular weight is 198 g/mol. The third kappa shape index (κ3) is 2.32. The minimum Gasteiger partial charge on any atom is -0.469 e. The predicted molar refractivity (Wildman–Crippen MR) is 49.5 cm³/mol. The monoisotopic (exact) mass is 198 g/mol. The Morgan fingerprint density at radius 1 is 1.79 bits per heavy atom. The first kappa shape index (κ1) is 10.7. The van der Waals surface area contributed by atoms with Crippen molar-refractivity contribution in [1.29, 1.82) is 0 Å². The van der Waals surface area contributed by atoms with Crippen LogP contribution in [0.3, 0.4) is 0 Å². The van der Waals surface area contributed by atoms with Crippen LogP contribution in [-0.4, -0.2) is 28.0 Å². The summed E-state index contributed by atoms with van der Waals surface area (Å²) < 4.78 is 6.02. The van der Waals surface area contributed by atoms with Gasteiger partial charge in [-0.15, -0.1) is 0 Å². The number of hydrogen-bond donors (Lipinski definition) is 1. The van der Waals surface area contributed by atoms with Crippen molar-refractivity contribution in [3.05, 3.63) is 17.5 Å². The highest BCUT2D eigenvalue weighted by Gasteiger charge is 2.16. The largest absolute Gasteiger partial charge is 0.469 e. The summed E-state index contributed by atoms with van der Waals surface area (Å²) >= 11 is 0. The zero-order valence-electron chi connectivity index (χ0n) is 8.52. The second-order valence-corrected chi connectivity index (χ2v) is 3.13. The fraction of sp³-hybridized carbons (Fsp3) is 0.556. The van der Waals surface area contributed by atoms with Gasteiger partial charge in [-0.25, -0.2) is 0 Å². The van der Waals surface area contributed by atoms with Gasteiger partial charge in [-0.3, -0.25) is 9.48 Å². The van der Waals surface area contributed by atoms with Gasteiger partial charge in [-0.1, -0.05) is 0 Å². The quantitative estimate of drug-likeness (QED) is 0.710. The van der Waals surface area contributed by atoms with E-state index in [4.69, 9.17) is 0 Å². The van der Waals surface area contributed by atoms with E-state index < -0.39 is 12.1 Å². The number of carbonyl (C=O) groups excluding carboxylic acids is 1. The van der Waals surface area contributed by atoms with Gasteiger partial charge in [-0.2, -0.15) is 5.10 Å². The standard InChI is InChI=1S/C9H14N2O3/c1-6-4-7(11(2)10-6)8(12)5-9(13)14-3/h4,8,12H,5H2,1-3H3/t8-/m1/s1. The Labute approximate surface area is 82.3 Å². The molecule has 1 N–H and O–H groups in total. The number of aliphatic hydroxyl groups is 1. The van der Waals surface area contributed by atoms with Crippen LogP contribution < -0.4 is 0 Å². The second kappa shape index (κ2) is 4.23. The highest BCUT2D eigenvalue weighted by molar-refractivity contribution is 5.69. The van der Waals surface area contributed by atoms with Crippen LogP contribution in [-0.2, 0) is 16.6 Å². The smallest absolute Gasteiger partial charge is 0.308 e. The Balaban J connectivity index is 2.73. The fourth-order valence-electron chi connectivity index (χ4n) is 1.29. The van der Waals surface area contributed by atoms with E-state index in [1.54, 1.807) is 17.8 Å². The zero-order chi connectivity index (χ0) is 10.7. The molecule has 0 aliphatic carbocycles. The maximum atomic E-state index is 10.9. The van der Waals surface area contributed by atoms with Crippen LogP contribution in [0, 0.1) is 6.92 Å². The Morgan fingerprint density at radius 3 is 2.86 bits per heavy atom. The van der Waals surface area contributed by atoms with Gasteiger partial charge < -0.3 is 9.84 Å². The molecule has 1 heterocycles. The lowest BCUT2D eigenvalue weighted by Gasteiger charge is -2.08. The van der Waals surface area contributed by atoms with Gasteiger partial charge in [0.2, 0.25) is 0 Å². The van der Waals surface area contributed by atoms with Crippen LogP contribution >= 0.6 is 0 Å². The summed E-state index contributed by atoms with van der Waals surface area (Å²) in [6.07, 6.45) is -0.899. The molecule has 1 atom stereocenters. The van der Waals surface area contributed by atoms with E-state index in [1.807, 2.05) is 6.92 Å². The molecule has 5 nitrogen and oxygen atoms in total. The molecule has 0 bridgehead atoms. The van der Waals surface area contributed by atoms with Crippen molar-refractivity contribution >= 4 is 5.97 Å². The maximum absolute atomic E-state index is 10.9. The van der Waals surface area contributed by atoms with Crippen LogP contribution in [0.4, 0.5) is 0 Å². The molecule has 78 valence electrons. The summed E-state index contributed by atoms with van der Waals surface area (Å²) in [5, 5.41) is 13.7. The highest BCUT2D eigenvalue weighted by Crippen LogP contribution is 2.17. The van der Waals surface area contributed by atoms with Crippen molar-refractivity contribution in [1.82, 2.24) is 9.78 Å². The summed E-state index contributed by atoms with van der Waals surface area (Å²) in [5.74, 6) is -0.434. The van der Waals surface area contributed by atoms with Gasteiger partial charge in [-0.05, 0) is 13.0 Å². The van der Waals surface area contributed by atoms with Crippen molar-refractivity contribution in [2.45, 2.75) is 19.4 Å². The number of aromatic nitrogens is 2. The van der Waals surface area contributed by atoms with E-state index in [-0.39, 0.29) is 6.42 Å². The summed E-state index contributed by atoms with van der Waals surface area (Å²) in [6.45, 7) is 1.83. The van der Waals surface area contributed by atoms with Gasteiger partial charge in [0.15, 0.2) is 0 Å². The minimum absolute atomic E-state index is 0.0462. The number of esters is 1. The summed E-state index contributed by atoms with van der Waals surface area (Å²) in [5.41, 5.74) is 1.43. The van der Waals surface area contributed by atoms with Crippen molar-refractivity contribution in [3.63, 3.8) is 0 Å². The Bertz CT molecular complexity index is 333. The SMILES string of the molecule is COC(=O)C[C@@H](O)c1cc(C)nn1C. The molecule has 0 aliphatic heterocycles. The molecular formula is C9H14N2O3. The van der Waals surface area contributed by atoms with Crippen molar-refractivity contribution in [3.8, 4) is 0 Å². The maximum Gasteiger partial charge on any atom is 0.308 e. The van der Waals surface area contributed by atoms with E-state index in [9.17, 15) is 9.90 Å². The van der Waals surface area contributed by atoms with Crippen molar-refractivity contribution in [2.24, 2.45) is 7.05 Å². The average Bonchev–Trinajstić information content (AvgIpc) is 2.45. The summed E-state index contributed by atoms with van der Waals surface area (Å²) in [7, 11) is 3.02. The number of methoxy groups -OCH3 is 1. The molecule has 1 aromatic rings. The molecule has 0 fully saturated rings.